The monoisotopic (exact) mass is 236 g/mol. The molecule has 1 fully saturated rings. The molecule has 2 rings (SSSR count). The molecule has 1 atom stereocenters. The summed E-state index contributed by atoms with van der Waals surface area (Å²) >= 11 is 0. The van der Waals surface area contributed by atoms with Crippen molar-refractivity contribution >= 4 is 5.69 Å². The maximum absolute atomic E-state index is 5.70. The van der Waals surface area contributed by atoms with Crippen LogP contribution in [0.5, 0.6) is 5.88 Å². The molecule has 1 N–H and O–H groups in total. The predicted octanol–water partition coefficient (Wildman–Crippen LogP) is 2.46. The molecular formula is C13H20N2O2. The molecule has 0 bridgehead atoms. The van der Waals surface area contributed by atoms with Crippen molar-refractivity contribution in [1.29, 1.82) is 0 Å². The Bertz CT molecular complexity index is 379. The number of nitrogens with zero attached hydrogens (tertiary/aromatic N) is 1. The first-order valence-electron chi connectivity index (χ1n) is 6.00. The molecule has 2 heterocycles. The summed E-state index contributed by atoms with van der Waals surface area (Å²) in [5.74, 6) is 0.640. The molecule has 4 heteroatoms. The van der Waals surface area contributed by atoms with E-state index < -0.39 is 0 Å². The number of pyridine rings is 1. The third kappa shape index (κ3) is 3.33. The molecule has 1 aliphatic rings. The summed E-state index contributed by atoms with van der Waals surface area (Å²) in [6.07, 6.45) is 3.80. The summed E-state index contributed by atoms with van der Waals surface area (Å²) in [5, 5.41) is 3.51. The molecule has 0 saturated carbocycles. The fourth-order valence-corrected chi connectivity index (χ4v) is 2.20. The highest BCUT2D eigenvalue weighted by molar-refractivity contribution is 5.45. The summed E-state index contributed by atoms with van der Waals surface area (Å²) in [6.45, 7) is 5.08. The van der Waals surface area contributed by atoms with E-state index in [0.717, 1.165) is 25.1 Å². The molecular weight excluding hydrogens is 216 g/mol. The maximum atomic E-state index is 5.70. The van der Waals surface area contributed by atoms with Crippen LogP contribution in [0.4, 0.5) is 5.69 Å². The van der Waals surface area contributed by atoms with Gasteiger partial charge in [-0.1, -0.05) is 0 Å². The molecule has 1 aliphatic heterocycles. The van der Waals surface area contributed by atoms with E-state index in [9.17, 15) is 0 Å². The minimum absolute atomic E-state index is 0.0347. The third-order valence-electron chi connectivity index (χ3n) is 3.01. The largest absolute Gasteiger partial charge is 0.481 e. The molecule has 0 aromatic carbocycles. The van der Waals surface area contributed by atoms with Crippen LogP contribution >= 0.6 is 0 Å². The SMILES string of the molecule is COc1cc(NC2CCOC(C)(C)C2)ccn1. The minimum Gasteiger partial charge on any atom is -0.481 e. The number of aromatic nitrogens is 1. The van der Waals surface area contributed by atoms with Gasteiger partial charge in [-0.3, -0.25) is 0 Å². The van der Waals surface area contributed by atoms with Crippen LogP contribution in [-0.2, 0) is 4.74 Å². The quantitative estimate of drug-likeness (QED) is 0.875. The predicted molar refractivity (Wildman–Crippen MR) is 67.5 cm³/mol. The van der Waals surface area contributed by atoms with Crippen LogP contribution in [0.2, 0.25) is 0 Å². The van der Waals surface area contributed by atoms with Crippen LogP contribution in [0.3, 0.4) is 0 Å². The highest BCUT2D eigenvalue weighted by Gasteiger charge is 2.28. The van der Waals surface area contributed by atoms with Gasteiger partial charge in [0.05, 0.1) is 12.7 Å². The van der Waals surface area contributed by atoms with Crippen molar-refractivity contribution in [2.75, 3.05) is 19.0 Å². The fraction of sp³-hybridized carbons (Fsp3) is 0.615. The van der Waals surface area contributed by atoms with Crippen LogP contribution < -0.4 is 10.1 Å². The normalized spacial score (nSPS) is 23.1. The van der Waals surface area contributed by atoms with Gasteiger partial charge in [0.25, 0.3) is 0 Å². The average molecular weight is 236 g/mol. The summed E-state index contributed by atoms with van der Waals surface area (Å²) in [7, 11) is 1.63. The summed E-state index contributed by atoms with van der Waals surface area (Å²) in [4.78, 5) is 4.09. The van der Waals surface area contributed by atoms with E-state index >= 15 is 0 Å². The van der Waals surface area contributed by atoms with Gasteiger partial charge in [0, 0.05) is 30.6 Å². The highest BCUT2D eigenvalue weighted by Crippen LogP contribution is 2.26. The van der Waals surface area contributed by atoms with Crippen molar-refractivity contribution in [2.45, 2.75) is 38.3 Å². The van der Waals surface area contributed by atoms with Gasteiger partial charge >= 0.3 is 0 Å². The molecule has 0 spiro atoms. The smallest absolute Gasteiger partial charge is 0.214 e. The Balaban J connectivity index is 2.00. The Hall–Kier alpha value is -1.29. The fourth-order valence-electron chi connectivity index (χ4n) is 2.20. The number of nitrogens with one attached hydrogen (secondary N) is 1. The van der Waals surface area contributed by atoms with Gasteiger partial charge in [-0.15, -0.1) is 0 Å². The summed E-state index contributed by atoms with van der Waals surface area (Å²) < 4.78 is 10.8. The molecule has 94 valence electrons. The third-order valence-corrected chi connectivity index (χ3v) is 3.01. The number of ether oxygens (including phenoxy) is 2. The van der Waals surface area contributed by atoms with Gasteiger partial charge in [0.1, 0.15) is 0 Å². The topological polar surface area (TPSA) is 43.4 Å². The second-order valence-electron chi connectivity index (χ2n) is 5.03. The molecule has 1 saturated heterocycles. The van der Waals surface area contributed by atoms with Gasteiger partial charge in [0.2, 0.25) is 5.88 Å². The Morgan fingerprint density at radius 1 is 1.53 bits per heavy atom. The lowest BCUT2D eigenvalue weighted by atomic mass is 9.94. The Morgan fingerprint density at radius 2 is 2.35 bits per heavy atom. The number of hydrogen-bond donors (Lipinski definition) is 1. The standard InChI is InChI=1S/C13H20N2O2/c1-13(2)9-11(5-7-17-13)15-10-4-6-14-12(8-10)16-3/h4,6,8,11H,5,7,9H2,1-3H3,(H,14,15). The average Bonchev–Trinajstić information content (AvgIpc) is 2.28. The van der Waals surface area contributed by atoms with Crippen LogP contribution in [0, 0.1) is 0 Å². The number of rotatable bonds is 3. The van der Waals surface area contributed by atoms with Crippen LogP contribution in [0.1, 0.15) is 26.7 Å². The van der Waals surface area contributed by atoms with Crippen molar-refractivity contribution in [3.05, 3.63) is 18.3 Å². The molecule has 1 aromatic rings. The van der Waals surface area contributed by atoms with Crippen molar-refractivity contribution in [1.82, 2.24) is 4.98 Å². The van der Waals surface area contributed by atoms with Crippen LogP contribution in [-0.4, -0.2) is 30.3 Å². The number of methoxy groups -OCH3 is 1. The second-order valence-corrected chi connectivity index (χ2v) is 5.03. The minimum atomic E-state index is -0.0347. The van der Waals surface area contributed by atoms with E-state index in [1.54, 1.807) is 13.3 Å². The van der Waals surface area contributed by atoms with Crippen LogP contribution in [0.25, 0.3) is 0 Å². The van der Waals surface area contributed by atoms with Gasteiger partial charge in [-0.25, -0.2) is 4.98 Å². The zero-order valence-corrected chi connectivity index (χ0v) is 10.7. The van der Waals surface area contributed by atoms with Crippen molar-refractivity contribution in [3.63, 3.8) is 0 Å². The van der Waals surface area contributed by atoms with E-state index in [4.69, 9.17) is 9.47 Å². The van der Waals surface area contributed by atoms with E-state index in [0.29, 0.717) is 11.9 Å². The molecule has 17 heavy (non-hydrogen) atoms. The van der Waals surface area contributed by atoms with E-state index in [1.165, 1.54) is 0 Å². The van der Waals surface area contributed by atoms with Gasteiger partial charge in [-0.05, 0) is 32.8 Å². The van der Waals surface area contributed by atoms with Gasteiger partial charge < -0.3 is 14.8 Å². The van der Waals surface area contributed by atoms with Crippen molar-refractivity contribution < 1.29 is 9.47 Å². The van der Waals surface area contributed by atoms with E-state index in [1.807, 2.05) is 12.1 Å². The lowest BCUT2D eigenvalue weighted by Gasteiger charge is -2.36. The summed E-state index contributed by atoms with van der Waals surface area (Å²) in [6, 6.07) is 4.33. The Kier molecular flexibility index (Phi) is 3.52. The van der Waals surface area contributed by atoms with E-state index in [-0.39, 0.29) is 5.60 Å². The van der Waals surface area contributed by atoms with Crippen molar-refractivity contribution in [2.24, 2.45) is 0 Å². The highest BCUT2D eigenvalue weighted by atomic mass is 16.5. The molecule has 1 unspecified atom stereocenters. The van der Waals surface area contributed by atoms with Crippen molar-refractivity contribution in [3.8, 4) is 5.88 Å². The first-order valence-corrected chi connectivity index (χ1v) is 6.00. The molecule has 1 aromatic heterocycles. The lowest BCUT2D eigenvalue weighted by Crippen LogP contribution is -2.40. The van der Waals surface area contributed by atoms with Gasteiger partial charge in [-0.2, -0.15) is 0 Å². The maximum Gasteiger partial charge on any atom is 0.214 e. The molecule has 0 amide bonds. The van der Waals surface area contributed by atoms with Gasteiger partial charge in [0.15, 0.2) is 0 Å². The Labute approximate surface area is 102 Å². The zero-order chi connectivity index (χ0) is 12.3. The second kappa shape index (κ2) is 4.92. The number of hydrogen-bond acceptors (Lipinski definition) is 4. The first-order chi connectivity index (χ1) is 8.09. The van der Waals surface area contributed by atoms with E-state index in [2.05, 4.69) is 24.1 Å². The zero-order valence-electron chi connectivity index (χ0n) is 10.7. The lowest BCUT2D eigenvalue weighted by molar-refractivity contribution is -0.0553. The molecule has 0 aliphatic carbocycles. The number of anilines is 1. The first kappa shape index (κ1) is 12.2. The molecule has 0 radical (unpaired) electrons. The van der Waals surface area contributed by atoms with Crippen LogP contribution in [0.15, 0.2) is 18.3 Å². The summed E-state index contributed by atoms with van der Waals surface area (Å²) in [5.41, 5.74) is 1.02. The Morgan fingerprint density at radius 3 is 3.06 bits per heavy atom. The molecule has 4 nitrogen and oxygen atoms in total.